The number of fused-ring (bicyclic) bond motifs is 1. The summed E-state index contributed by atoms with van der Waals surface area (Å²) in [7, 11) is 0. The van der Waals surface area contributed by atoms with Gasteiger partial charge in [-0.3, -0.25) is 14.7 Å². The molecule has 1 amide bonds. The lowest BCUT2D eigenvalue weighted by molar-refractivity contribution is -0.120. The van der Waals surface area contributed by atoms with Crippen LogP contribution in [0.5, 0.6) is 5.75 Å². The Hall–Kier alpha value is -3.32. The van der Waals surface area contributed by atoms with Gasteiger partial charge in [0.05, 0.1) is 16.8 Å². The van der Waals surface area contributed by atoms with Gasteiger partial charge >= 0.3 is 0 Å². The number of benzene rings is 2. The van der Waals surface area contributed by atoms with Crippen molar-refractivity contribution in [1.82, 2.24) is 9.97 Å². The predicted octanol–water partition coefficient (Wildman–Crippen LogP) is 5.06. The first-order chi connectivity index (χ1) is 14.5. The van der Waals surface area contributed by atoms with E-state index in [4.69, 9.17) is 9.72 Å². The minimum Gasteiger partial charge on any atom is -0.484 e. The number of aromatic nitrogens is 2. The van der Waals surface area contributed by atoms with E-state index >= 15 is 0 Å². The Bertz CT molecular complexity index is 1180. The Morgan fingerprint density at radius 3 is 2.70 bits per heavy atom. The highest BCUT2D eigenvalue weighted by atomic mass is 32.1. The molecule has 7 heteroatoms. The van der Waals surface area contributed by atoms with Gasteiger partial charge in [-0.1, -0.05) is 23.5 Å². The van der Waals surface area contributed by atoms with Gasteiger partial charge < -0.3 is 4.74 Å². The molecule has 2 heterocycles. The van der Waals surface area contributed by atoms with Crippen LogP contribution in [0.4, 0.5) is 9.52 Å². The maximum atomic E-state index is 13.1. The van der Waals surface area contributed by atoms with Crippen molar-refractivity contribution in [3.8, 4) is 5.75 Å². The molecule has 0 bridgehead atoms. The lowest BCUT2D eigenvalue weighted by Crippen LogP contribution is -2.34. The van der Waals surface area contributed by atoms with E-state index in [2.05, 4.69) is 17.1 Å². The molecule has 0 aliphatic heterocycles. The molecule has 30 heavy (non-hydrogen) atoms. The van der Waals surface area contributed by atoms with Gasteiger partial charge in [-0.15, -0.1) is 0 Å². The van der Waals surface area contributed by atoms with E-state index in [1.54, 1.807) is 17.3 Å². The Labute approximate surface area is 177 Å². The summed E-state index contributed by atoms with van der Waals surface area (Å²) in [6.45, 7) is 4.21. The molecule has 0 aliphatic carbocycles. The molecule has 4 rings (SSSR count). The van der Waals surface area contributed by atoms with E-state index in [0.29, 0.717) is 17.4 Å². The smallest absolute Gasteiger partial charge is 0.267 e. The zero-order valence-electron chi connectivity index (χ0n) is 16.6. The molecule has 0 N–H and O–H groups in total. The average molecular weight is 421 g/mol. The summed E-state index contributed by atoms with van der Waals surface area (Å²) >= 11 is 1.47. The van der Waals surface area contributed by atoms with Crippen LogP contribution in [0.15, 0.2) is 60.9 Å². The van der Waals surface area contributed by atoms with Crippen molar-refractivity contribution in [3.63, 3.8) is 0 Å². The number of hydrogen-bond donors (Lipinski definition) is 0. The van der Waals surface area contributed by atoms with Crippen molar-refractivity contribution in [2.24, 2.45) is 0 Å². The summed E-state index contributed by atoms with van der Waals surface area (Å²) in [5.74, 6) is -0.162. The fourth-order valence-corrected chi connectivity index (χ4v) is 4.32. The first-order valence-electron chi connectivity index (χ1n) is 9.45. The zero-order chi connectivity index (χ0) is 21.1. The maximum Gasteiger partial charge on any atom is 0.267 e. The number of hydrogen-bond acceptors (Lipinski definition) is 5. The molecule has 0 saturated carbocycles. The number of anilines is 1. The summed E-state index contributed by atoms with van der Waals surface area (Å²) in [6.07, 6.45) is 3.42. The normalized spacial score (nSPS) is 10.9. The summed E-state index contributed by atoms with van der Waals surface area (Å²) in [5, 5.41) is 0.607. The standard InChI is InChI=1S/C23H20FN3O2S/c1-15-10-16(2)22-20(11-15)30-23(26-22)27(13-17-4-3-9-25-12-17)21(28)14-29-19-7-5-18(24)6-8-19/h3-12H,13-14H2,1-2H3. The zero-order valence-corrected chi connectivity index (χ0v) is 17.4. The Balaban J connectivity index is 1.63. The van der Waals surface area contributed by atoms with E-state index in [1.807, 2.05) is 26.0 Å². The molecule has 2 aromatic heterocycles. The van der Waals surface area contributed by atoms with E-state index < -0.39 is 0 Å². The van der Waals surface area contributed by atoms with Gasteiger partial charge in [0.25, 0.3) is 5.91 Å². The van der Waals surface area contributed by atoms with Crippen LogP contribution in [0, 0.1) is 19.7 Å². The quantitative estimate of drug-likeness (QED) is 0.437. The lowest BCUT2D eigenvalue weighted by Gasteiger charge is -2.20. The highest BCUT2D eigenvalue weighted by Gasteiger charge is 2.21. The molecule has 0 atom stereocenters. The number of nitrogens with zero attached hydrogens (tertiary/aromatic N) is 3. The van der Waals surface area contributed by atoms with Gasteiger partial charge in [0.2, 0.25) is 0 Å². The third-order valence-corrected chi connectivity index (χ3v) is 5.62. The second-order valence-electron chi connectivity index (χ2n) is 7.01. The monoisotopic (exact) mass is 421 g/mol. The predicted molar refractivity (Wildman–Crippen MR) is 116 cm³/mol. The van der Waals surface area contributed by atoms with Gasteiger partial charge in [0, 0.05) is 12.4 Å². The number of amides is 1. The molecule has 0 aliphatic rings. The van der Waals surface area contributed by atoms with Crippen LogP contribution in [0.1, 0.15) is 16.7 Å². The van der Waals surface area contributed by atoms with E-state index in [9.17, 15) is 9.18 Å². The fourth-order valence-electron chi connectivity index (χ4n) is 3.16. The van der Waals surface area contributed by atoms with Crippen molar-refractivity contribution in [1.29, 1.82) is 0 Å². The summed E-state index contributed by atoms with van der Waals surface area (Å²) in [4.78, 5) is 23.6. The van der Waals surface area contributed by atoms with Crippen molar-refractivity contribution in [3.05, 3.63) is 83.4 Å². The molecular weight excluding hydrogens is 401 g/mol. The topological polar surface area (TPSA) is 55.3 Å². The number of ether oxygens (including phenoxy) is 1. The molecule has 4 aromatic rings. The van der Waals surface area contributed by atoms with Crippen LogP contribution in [0.25, 0.3) is 10.2 Å². The van der Waals surface area contributed by atoms with Gasteiger partial charge in [-0.25, -0.2) is 9.37 Å². The molecule has 0 fully saturated rings. The third kappa shape index (κ3) is 4.46. The summed E-state index contributed by atoms with van der Waals surface area (Å²) < 4.78 is 19.7. The summed E-state index contributed by atoms with van der Waals surface area (Å²) in [6, 6.07) is 13.5. The van der Waals surface area contributed by atoms with Gasteiger partial charge in [-0.2, -0.15) is 0 Å². The van der Waals surface area contributed by atoms with Crippen molar-refractivity contribution >= 4 is 32.6 Å². The van der Waals surface area contributed by atoms with Crippen molar-refractivity contribution in [2.75, 3.05) is 11.5 Å². The van der Waals surface area contributed by atoms with E-state index in [0.717, 1.165) is 26.9 Å². The maximum absolute atomic E-state index is 13.1. The number of rotatable bonds is 6. The molecule has 0 unspecified atom stereocenters. The minimum absolute atomic E-state index is 0.181. The highest BCUT2D eigenvalue weighted by molar-refractivity contribution is 7.22. The number of aryl methyl sites for hydroxylation is 2. The second kappa shape index (κ2) is 8.59. The van der Waals surface area contributed by atoms with Crippen molar-refractivity contribution < 1.29 is 13.9 Å². The van der Waals surface area contributed by atoms with Crippen molar-refractivity contribution in [2.45, 2.75) is 20.4 Å². The first kappa shape index (κ1) is 20.0. The molecule has 0 spiro atoms. The number of pyridine rings is 1. The Morgan fingerprint density at radius 2 is 1.97 bits per heavy atom. The highest BCUT2D eigenvalue weighted by Crippen LogP contribution is 2.32. The summed E-state index contributed by atoms with van der Waals surface area (Å²) in [5.41, 5.74) is 4.01. The second-order valence-corrected chi connectivity index (χ2v) is 8.02. The Morgan fingerprint density at radius 1 is 1.17 bits per heavy atom. The number of halogens is 1. The number of carbonyl (C=O) groups excluding carboxylic acids is 1. The average Bonchev–Trinajstić information content (AvgIpc) is 3.16. The van der Waals surface area contributed by atoms with Crippen LogP contribution in [-0.2, 0) is 11.3 Å². The number of carbonyl (C=O) groups is 1. The van der Waals surface area contributed by atoms with E-state index in [-0.39, 0.29) is 18.3 Å². The number of thiazole rings is 1. The Kier molecular flexibility index (Phi) is 5.72. The van der Waals surface area contributed by atoms with Crippen LogP contribution in [0.3, 0.4) is 0 Å². The van der Waals surface area contributed by atoms with Crippen LogP contribution < -0.4 is 9.64 Å². The first-order valence-corrected chi connectivity index (χ1v) is 10.3. The molecule has 5 nitrogen and oxygen atoms in total. The largest absolute Gasteiger partial charge is 0.484 e. The van der Waals surface area contributed by atoms with Gasteiger partial charge in [-0.05, 0) is 66.9 Å². The molecular formula is C23H20FN3O2S. The lowest BCUT2D eigenvalue weighted by atomic mass is 10.1. The third-order valence-electron chi connectivity index (χ3n) is 4.59. The molecule has 152 valence electrons. The van der Waals surface area contributed by atoms with Crippen LogP contribution >= 0.6 is 11.3 Å². The van der Waals surface area contributed by atoms with Crippen LogP contribution in [-0.4, -0.2) is 22.5 Å². The molecule has 2 aromatic carbocycles. The molecule has 0 saturated heterocycles. The van der Waals surface area contributed by atoms with Crippen LogP contribution in [0.2, 0.25) is 0 Å². The van der Waals surface area contributed by atoms with Gasteiger partial charge in [0.1, 0.15) is 11.6 Å². The SMILES string of the molecule is Cc1cc(C)c2nc(N(Cc3cccnc3)C(=O)COc3ccc(F)cc3)sc2c1. The molecule has 0 radical (unpaired) electrons. The van der Waals surface area contributed by atoms with Gasteiger partial charge in [0.15, 0.2) is 11.7 Å². The minimum atomic E-state index is -0.355. The fraction of sp³-hybridized carbons (Fsp3) is 0.174. The van der Waals surface area contributed by atoms with E-state index in [1.165, 1.54) is 35.6 Å².